The number of carbonyl (C=O) groups excluding carboxylic acids is 2. The van der Waals surface area contributed by atoms with Crippen molar-refractivity contribution in [3.63, 3.8) is 0 Å². The van der Waals surface area contributed by atoms with Crippen molar-refractivity contribution < 1.29 is 14.0 Å². The number of carbonyl (C=O) groups is 2. The van der Waals surface area contributed by atoms with Crippen molar-refractivity contribution in [2.45, 2.75) is 19.8 Å². The predicted octanol–water partition coefficient (Wildman–Crippen LogP) is 1.84. The number of rotatable bonds is 3. The number of hydrogen-bond acceptors (Lipinski definition) is 3. The Morgan fingerprint density at radius 2 is 1.72 bits per heavy atom. The van der Waals surface area contributed by atoms with Crippen LogP contribution in [0.15, 0.2) is 24.3 Å². The summed E-state index contributed by atoms with van der Waals surface area (Å²) >= 11 is 0. The molecule has 1 aromatic rings. The highest BCUT2D eigenvalue weighted by atomic mass is 19.1. The van der Waals surface area contributed by atoms with E-state index < -0.39 is 0 Å². The first kappa shape index (κ1) is 17.9. The van der Waals surface area contributed by atoms with Crippen LogP contribution in [0.4, 0.5) is 4.39 Å². The normalized spacial score (nSPS) is 22.1. The molecule has 1 atom stereocenters. The number of halogens is 1. The third kappa shape index (κ3) is 4.18. The van der Waals surface area contributed by atoms with Crippen LogP contribution in [0.1, 0.15) is 30.1 Å². The van der Waals surface area contributed by atoms with Crippen LogP contribution in [0.2, 0.25) is 0 Å². The van der Waals surface area contributed by atoms with Gasteiger partial charge in [-0.15, -0.1) is 0 Å². The van der Waals surface area contributed by atoms with Gasteiger partial charge < -0.3 is 14.7 Å². The highest BCUT2D eigenvalue weighted by molar-refractivity contribution is 5.94. The molecule has 25 heavy (non-hydrogen) atoms. The molecular weight excluding hydrogens is 321 g/mol. The second kappa shape index (κ2) is 7.95. The Kier molecular flexibility index (Phi) is 5.68. The lowest BCUT2D eigenvalue weighted by molar-refractivity contribution is -0.138. The van der Waals surface area contributed by atoms with Crippen LogP contribution in [-0.4, -0.2) is 72.3 Å². The highest BCUT2D eigenvalue weighted by Crippen LogP contribution is 2.21. The number of hydrogen-bond donors (Lipinski definition) is 0. The smallest absolute Gasteiger partial charge is 0.253 e. The van der Waals surface area contributed by atoms with Crippen molar-refractivity contribution in [3.8, 4) is 0 Å². The van der Waals surface area contributed by atoms with Gasteiger partial charge in [-0.25, -0.2) is 4.39 Å². The zero-order valence-electron chi connectivity index (χ0n) is 14.8. The molecule has 0 bridgehead atoms. The Balaban J connectivity index is 1.60. The van der Waals surface area contributed by atoms with E-state index in [-0.39, 0.29) is 23.5 Å². The average Bonchev–Trinajstić information content (AvgIpc) is 2.67. The second-order valence-electron chi connectivity index (χ2n) is 6.86. The Morgan fingerprint density at radius 1 is 1.04 bits per heavy atom. The number of nitrogens with zero attached hydrogens (tertiary/aromatic N) is 3. The lowest BCUT2D eigenvalue weighted by Crippen LogP contribution is -2.52. The molecule has 2 fully saturated rings. The van der Waals surface area contributed by atoms with Crippen LogP contribution in [0.5, 0.6) is 0 Å². The van der Waals surface area contributed by atoms with Gasteiger partial charge in [-0.05, 0) is 43.7 Å². The van der Waals surface area contributed by atoms with E-state index in [2.05, 4.69) is 11.8 Å². The third-order valence-electron chi connectivity index (χ3n) is 5.28. The number of likely N-dealkylation sites (tertiary alicyclic amines) is 1. The van der Waals surface area contributed by atoms with Gasteiger partial charge in [0.15, 0.2) is 0 Å². The minimum absolute atomic E-state index is 0.117. The van der Waals surface area contributed by atoms with E-state index in [0.29, 0.717) is 18.7 Å². The molecule has 3 rings (SSSR count). The number of amides is 2. The molecule has 0 N–H and O–H groups in total. The number of piperazine rings is 1. The van der Waals surface area contributed by atoms with Gasteiger partial charge in [0, 0.05) is 44.8 Å². The molecule has 2 saturated heterocycles. The van der Waals surface area contributed by atoms with Gasteiger partial charge in [-0.3, -0.25) is 9.59 Å². The number of likely N-dealkylation sites (N-methyl/N-ethyl adjacent to an activating group) is 1. The fourth-order valence-electron chi connectivity index (χ4n) is 3.68. The molecule has 0 saturated carbocycles. The van der Waals surface area contributed by atoms with Crippen LogP contribution < -0.4 is 0 Å². The third-order valence-corrected chi connectivity index (χ3v) is 5.28. The summed E-state index contributed by atoms with van der Waals surface area (Å²) in [5, 5.41) is 0. The molecule has 2 aliphatic heterocycles. The summed E-state index contributed by atoms with van der Waals surface area (Å²) in [7, 11) is 0. The summed E-state index contributed by atoms with van der Waals surface area (Å²) in [6.45, 7) is 7.67. The van der Waals surface area contributed by atoms with Crippen molar-refractivity contribution in [3.05, 3.63) is 35.6 Å². The SMILES string of the molecule is CCN1CCN(C(=O)C2CCCN(C(=O)c3ccc(F)cc3)C2)CC1. The number of benzene rings is 1. The van der Waals surface area contributed by atoms with E-state index in [0.717, 1.165) is 45.6 Å². The molecule has 0 radical (unpaired) electrons. The summed E-state index contributed by atoms with van der Waals surface area (Å²) in [6, 6.07) is 5.61. The predicted molar refractivity (Wildman–Crippen MR) is 93.7 cm³/mol. The molecule has 1 unspecified atom stereocenters. The van der Waals surface area contributed by atoms with E-state index in [1.54, 1.807) is 4.90 Å². The quantitative estimate of drug-likeness (QED) is 0.838. The van der Waals surface area contributed by atoms with Crippen LogP contribution >= 0.6 is 0 Å². The topological polar surface area (TPSA) is 43.9 Å². The minimum atomic E-state index is -0.352. The lowest BCUT2D eigenvalue weighted by Gasteiger charge is -2.38. The molecule has 0 spiro atoms. The Hall–Kier alpha value is -1.95. The van der Waals surface area contributed by atoms with Crippen molar-refractivity contribution >= 4 is 11.8 Å². The molecule has 0 aromatic heterocycles. The standard InChI is InChI=1S/C19H26FN3O2/c1-2-21-10-12-22(13-11-21)19(25)16-4-3-9-23(14-16)18(24)15-5-7-17(20)8-6-15/h5-8,16H,2-4,9-14H2,1H3. The molecule has 2 heterocycles. The second-order valence-corrected chi connectivity index (χ2v) is 6.86. The van der Waals surface area contributed by atoms with Crippen molar-refractivity contribution in [1.82, 2.24) is 14.7 Å². The first-order valence-corrected chi connectivity index (χ1v) is 9.14. The van der Waals surface area contributed by atoms with E-state index in [4.69, 9.17) is 0 Å². The summed E-state index contributed by atoms with van der Waals surface area (Å²) < 4.78 is 13.0. The molecule has 1 aromatic carbocycles. The maximum atomic E-state index is 13.0. The van der Waals surface area contributed by atoms with Gasteiger partial charge in [0.2, 0.25) is 5.91 Å². The van der Waals surface area contributed by atoms with Gasteiger partial charge in [0.05, 0.1) is 5.92 Å². The Morgan fingerprint density at radius 3 is 2.36 bits per heavy atom. The molecule has 2 aliphatic rings. The van der Waals surface area contributed by atoms with Crippen molar-refractivity contribution in [2.75, 3.05) is 45.8 Å². The molecule has 0 aliphatic carbocycles. The first-order valence-electron chi connectivity index (χ1n) is 9.14. The summed E-state index contributed by atoms with van der Waals surface area (Å²) in [5.41, 5.74) is 0.478. The summed E-state index contributed by atoms with van der Waals surface area (Å²) in [6.07, 6.45) is 1.66. The van der Waals surface area contributed by atoms with Gasteiger partial charge in [-0.2, -0.15) is 0 Å². The Labute approximate surface area is 148 Å². The largest absolute Gasteiger partial charge is 0.340 e. The van der Waals surface area contributed by atoms with Crippen molar-refractivity contribution in [2.24, 2.45) is 5.92 Å². The zero-order chi connectivity index (χ0) is 17.8. The van der Waals surface area contributed by atoms with Crippen molar-refractivity contribution in [1.29, 1.82) is 0 Å². The molecule has 2 amide bonds. The highest BCUT2D eigenvalue weighted by Gasteiger charge is 2.32. The summed E-state index contributed by atoms with van der Waals surface area (Å²) in [4.78, 5) is 31.5. The van der Waals surface area contributed by atoms with E-state index >= 15 is 0 Å². The first-order chi connectivity index (χ1) is 12.1. The maximum absolute atomic E-state index is 13.0. The summed E-state index contributed by atoms with van der Waals surface area (Å²) in [5.74, 6) is -0.415. The fourth-order valence-corrected chi connectivity index (χ4v) is 3.68. The molecule has 6 heteroatoms. The lowest BCUT2D eigenvalue weighted by atomic mass is 9.95. The van der Waals surface area contributed by atoms with Crippen LogP contribution in [0, 0.1) is 11.7 Å². The van der Waals surface area contributed by atoms with E-state index in [9.17, 15) is 14.0 Å². The number of piperidine rings is 1. The monoisotopic (exact) mass is 347 g/mol. The van der Waals surface area contributed by atoms with Crippen LogP contribution in [0.25, 0.3) is 0 Å². The molecule has 5 nitrogen and oxygen atoms in total. The van der Waals surface area contributed by atoms with Gasteiger partial charge in [0.1, 0.15) is 5.82 Å². The van der Waals surface area contributed by atoms with Gasteiger partial charge >= 0.3 is 0 Å². The van der Waals surface area contributed by atoms with Gasteiger partial charge in [0.25, 0.3) is 5.91 Å². The average molecular weight is 347 g/mol. The van der Waals surface area contributed by atoms with E-state index in [1.165, 1.54) is 24.3 Å². The Bertz CT molecular complexity index is 612. The van der Waals surface area contributed by atoms with E-state index in [1.807, 2.05) is 4.90 Å². The van der Waals surface area contributed by atoms with Crippen LogP contribution in [-0.2, 0) is 4.79 Å². The van der Waals surface area contributed by atoms with Crippen LogP contribution in [0.3, 0.4) is 0 Å². The fraction of sp³-hybridized carbons (Fsp3) is 0.579. The maximum Gasteiger partial charge on any atom is 0.253 e. The molecular formula is C19H26FN3O2. The zero-order valence-corrected chi connectivity index (χ0v) is 14.8. The van der Waals surface area contributed by atoms with Gasteiger partial charge in [-0.1, -0.05) is 6.92 Å². The molecule has 136 valence electrons. The minimum Gasteiger partial charge on any atom is -0.340 e.